The van der Waals surface area contributed by atoms with Crippen molar-refractivity contribution in [2.75, 3.05) is 6.61 Å². The topological polar surface area (TPSA) is 46.5 Å². The van der Waals surface area contributed by atoms with Crippen LogP contribution in [0.3, 0.4) is 0 Å². The molecule has 3 heteroatoms. The normalized spacial score (nSPS) is 12.1. The largest absolute Gasteiger partial charge is 0.508 e. The van der Waals surface area contributed by atoms with Crippen LogP contribution in [0, 0.1) is 0 Å². The maximum atomic E-state index is 12.0. The van der Waals surface area contributed by atoms with E-state index in [1.807, 2.05) is 32.0 Å². The number of carbonyl (C=O) groups excluding carboxylic acids is 1. The van der Waals surface area contributed by atoms with Gasteiger partial charge in [0.2, 0.25) is 0 Å². The monoisotopic (exact) mass is 298 g/mol. The van der Waals surface area contributed by atoms with Crippen molar-refractivity contribution in [3.05, 3.63) is 47.5 Å². The van der Waals surface area contributed by atoms with E-state index in [1.165, 1.54) is 0 Å². The first kappa shape index (κ1) is 16.1. The van der Waals surface area contributed by atoms with Crippen LogP contribution in [0.2, 0.25) is 0 Å². The van der Waals surface area contributed by atoms with Gasteiger partial charge in [-0.25, -0.2) is 4.79 Å². The number of hydrogen-bond donors (Lipinski definition) is 1. The zero-order valence-corrected chi connectivity index (χ0v) is 13.3. The summed E-state index contributed by atoms with van der Waals surface area (Å²) >= 11 is 0. The van der Waals surface area contributed by atoms with Crippen LogP contribution in [0.25, 0.3) is 16.3 Å². The summed E-state index contributed by atoms with van der Waals surface area (Å²) in [6, 6.07) is 11.3. The highest BCUT2D eigenvalue weighted by atomic mass is 16.5. The van der Waals surface area contributed by atoms with E-state index in [-0.39, 0.29) is 11.7 Å². The standard InChI is InChI=1S/C19H22O3/c1-4-6-18(13(3)19(21)22-5-2)16-8-7-15-12-17(20)10-9-14(15)11-16/h7-12,20H,4-6H2,1-3H3/b18-13+. The molecule has 0 atom stereocenters. The maximum Gasteiger partial charge on any atom is 0.333 e. The van der Waals surface area contributed by atoms with Crippen molar-refractivity contribution < 1.29 is 14.6 Å². The fourth-order valence-corrected chi connectivity index (χ4v) is 2.58. The first-order chi connectivity index (χ1) is 10.6. The summed E-state index contributed by atoms with van der Waals surface area (Å²) in [6.45, 7) is 6.11. The van der Waals surface area contributed by atoms with Gasteiger partial charge in [-0.05, 0) is 60.4 Å². The van der Waals surface area contributed by atoms with Crippen LogP contribution in [-0.4, -0.2) is 17.7 Å². The number of benzene rings is 2. The second-order valence-corrected chi connectivity index (χ2v) is 5.32. The van der Waals surface area contributed by atoms with E-state index in [9.17, 15) is 9.90 Å². The van der Waals surface area contributed by atoms with Gasteiger partial charge in [0.15, 0.2) is 0 Å². The van der Waals surface area contributed by atoms with Crippen LogP contribution >= 0.6 is 0 Å². The summed E-state index contributed by atoms with van der Waals surface area (Å²) in [5.41, 5.74) is 2.73. The number of phenols is 1. The highest BCUT2D eigenvalue weighted by Gasteiger charge is 2.13. The lowest BCUT2D eigenvalue weighted by molar-refractivity contribution is -0.138. The molecular weight excluding hydrogens is 276 g/mol. The number of carbonyl (C=O) groups is 1. The molecule has 0 fully saturated rings. The van der Waals surface area contributed by atoms with Crippen LogP contribution < -0.4 is 0 Å². The van der Waals surface area contributed by atoms with E-state index in [0.717, 1.165) is 34.8 Å². The molecule has 0 aromatic heterocycles. The minimum absolute atomic E-state index is 0.253. The molecule has 0 aliphatic rings. The van der Waals surface area contributed by atoms with Gasteiger partial charge in [-0.3, -0.25) is 0 Å². The summed E-state index contributed by atoms with van der Waals surface area (Å²) in [7, 11) is 0. The Kier molecular flexibility index (Phi) is 5.21. The summed E-state index contributed by atoms with van der Waals surface area (Å²) in [4.78, 5) is 12.0. The molecule has 0 heterocycles. The molecule has 2 rings (SSSR count). The quantitative estimate of drug-likeness (QED) is 0.644. The number of ether oxygens (including phenoxy) is 1. The average molecular weight is 298 g/mol. The van der Waals surface area contributed by atoms with E-state index >= 15 is 0 Å². The SMILES string of the molecule is CCC/C(=C(/C)C(=O)OCC)c1ccc2cc(O)ccc2c1. The van der Waals surface area contributed by atoms with E-state index < -0.39 is 0 Å². The molecule has 0 spiro atoms. The van der Waals surface area contributed by atoms with Gasteiger partial charge in [-0.2, -0.15) is 0 Å². The van der Waals surface area contributed by atoms with Crippen molar-refractivity contribution in [1.29, 1.82) is 0 Å². The molecule has 3 nitrogen and oxygen atoms in total. The van der Waals surface area contributed by atoms with Gasteiger partial charge in [-0.15, -0.1) is 0 Å². The third-order valence-corrected chi connectivity index (χ3v) is 3.71. The van der Waals surface area contributed by atoms with Gasteiger partial charge in [0.25, 0.3) is 0 Å². The van der Waals surface area contributed by atoms with Crippen molar-refractivity contribution >= 4 is 22.3 Å². The Morgan fingerprint density at radius 2 is 1.77 bits per heavy atom. The van der Waals surface area contributed by atoms with E-state index in [4.69, 9.17) is 4.74 Å². The smallest absolute Gasteiger partial charge is 0.333 e. The van der Waals surface area contributed by atoms with Gasteiger partial charge in [0, 0.05) is 5.57 Å². The second kappa shape index (κ2) is 7.12. The highest BCUT2D eigenvalue weighted by molar-refractivity contribution is 5.98. The molecule has 0 radical (unpaired) electrons. The number of allylic oxidation sites excluding steroid dienone is 1. The summed E-state index contributed by atoms with van der Waals surface area (Å²) < 4.78 is 5.13. The maximum absolute atomic E-state index is 12.0. The minimum atomic E-state index is -0.253. The van der Waals surface area contributed by atoms with E-state index in [1.54, 1.807) is 12.1 Å². The molecular formula is C19H22O3. The summed E-state index contributed by atoms with van der Waals surface area (Å²) in [5, 5.41) is 11.6. The Labute approximate surface area is 131 Å². The van der Waals surface area contributed by atoms with E-state index in [0.29, 0.717) is 12.2 Å². The first-order valence-electron chi connectivity index (χ1n) is 7.66. The Bertz CT molecular complexity index is 714. The van der Waals surface area contributed by atoms with Crippen molar-refractivity contribution in [2.45, 2.75) is 33.6 Å². The molecule has 1 N–H and O–H groups in total. The Balaban J connectivity index is 2.50. The molecule has 2 aromatic carbocycles. The number of rotatable bonds is 5. The third-order valence-electron chi connectivity index (χ3n) is 3.71. The van der Waals surface area contributed by atoms with Crippen LogP contribution in [0.5, 0.6) is 5.75 Å². The lowest BCUT2D eigenvalue weighted by Gasteiger charge is -2.12. The van der Waals surface area contributed by atoms with Crippen LogP contribution in [0.4, 0.5) is 0 Å². The molecule has 0 unspecified atom stereocenters. The van der Waals surface area contributed by atoms with Crippen LogP contribution in [-0.2, 0) is 9.53 Å². The van der Waals surface area contributed by atoms with Crippen molar-refractivity contribution in [3.63, 3.8) is 0 Å². The van der Waals surface area contributed by atoms with Gasteiger partial charge >= 0.3 is 5.97 Å². The van der Waals surface area contributed by atoms with Gasteiger partial charge in [0.05, 0.1) is 6.61 Å². The third kappa shape index (κ3) is 3.48. The molecule has 116 valence electrons. The predicted molar refractivity (Wildman–Crippen MR) is 89.7 cm³/mol. The van der Waals surface area contributed by atoms with E-state index in [2.05, 4.69) is 13.0 Å². The van der Waals surface area contributed by atoms with Gasteiger partial charge in [-0.1, -0.05) is 31.5 Å². The van der Waals surface area contributed by atoms with Gasteiger partial charge < -0.3 is 9.84 Å². The minimum Gasteiger partial charge on any atom is -0.508 e. The number of fused-ring (bicyclic) bond motifs is 1. The first-order valence-corrected chi connectivity index (χ1v) is 7.66. The molecule has 0 aliphatic carbocycles. The summed E-state index contributed by atoms with van der Waals surface area (Å²) in [5.74, 6) is 0.00373. The molecule has 2 aromatic rings. The number of phenolic OH excluding ortho intramolecular Hbond substituents is 1. The molecule has 0 aliphatic heterocycles. The fourth-order valence-electron chi connectivity index (χ4n) is 2.58. The molecule has 0 bridgehead atoms. The predicted octanol–water partition coefficient (Wildman–Crippen LogP) is 4.68. The molecule has 0 saturated carbocycles. The Morgan fingerprint density at radius 3 is 2.45 bits per heavy atom. The van der Waals surface area contributed by atoms with Crippen molar-refractivity contribution in [2.24, 2.45) is 0 Å². The Morgan fingerprint density at radius 1 is 1.09 bits per heavy atom. The zero-order valence-electron chi connectivity index (χ0n) is 13.3. The number of aromatic hydroxyl groups is 1. The van der Waals surface area contributed by atoms with Gasteiger partial charge in [0.1, 0.15) is 5.75 Å². The van der Waals surface area contributed by atoms with Crippen molar-refractivity contribution in [1.82, 2.24) is 0 Å². The summed E-state index contributed by atoms with van der Waals surface area (Å²) in [6.07, 6.45) is 1.79. The molecule has 22 heavy (non-hydrogen) atoms. The number of hydrogen-bond acceptors (Lipinski definition) is 3. The highest BCUT2D eigenvalue weighted by Crippen LogP contribution is 2.29. The van der Waals surface area contributed by atoms with Crippen molar-refractivity contribution in [3.8, 4) is 5.75 Å². The Hall–Kier alpha value is -2.29. The van der Waals surface area contributed by atoms with Crippen LogP contribution in [0.1, 0.15) is 39.2 Å². The lowest BCUT2D eigenvalue weighted by Crippen LogP contribution is -2.07. The molecule has 0 saturated heterocycles. The van der Waals surface area contributed by atoms with Crippen LogP contribution in [0.15, 0.2) is 42.0 Å². The molecule has 0 amide bonds. The zero-order chi connectivity index (χ0) is 16.1. The number of esters is 1. The average Bonchev–Trinajstić information content (AvgIpc) is 2.51. The fraction of sp³-hybridized carbons (Fsp3) is 0.316. The lowest BCUT2D eigenvalue weighted by atomic mass is 9.94. The second-order valence-electron chi connectivity index (χ2n) is 5.32.